The molecule has 0 fully saturated rings. The molecule has 0 N–H and O–H groups in total. The average molecular weight is 327 g/mol. The van der Waals surface area contributed by atoms with Crippen LogP contribution in [0.25, 0.3) is 5.57 Å². The van der Waals surface area contributed by atoms with Gasteiger partial charge in [-0.15, -0.1) is 11.8 Å². The summed E-state index contributed by atoms with van der Waals surface area (Å²) < 4.78 is 13.1. The molecule has 116 valence electrons. The van der Waals surface area contributed by atoms with Gasteiger partial charge in [-0.3, -0.25) is 14.5 Å². The number of nitrogens with zero attached hydrogens (tertiary/aromatic N) is 1. The van der Waals surface area contributed by atoms with Crippen LogP contribution in [0, 0.1) is 5.82 Å². The van der Waals surface area contributed by atoms with Crippen LogP contribution in [0.15, 0.2) is 59.5 Å². The third-order valence-electron chi connectivity index (χ3n) is 3.60. The second-order valence-corrected chi connectivity index (χ2v) is 6.14. The van der Waals surface area contributed by atoms with E-state index in [2.05, 4.69) is 0 Å². The summed E-state index contributed by atoms with van der Waals surface area (Å²) in [7, 11) is 1.46. The maximum absolute atomic E-state index is 13.1. The van der Waals surface area contributed by atoms with Crippen LogP contribution >= 0.6 is 11.8 Å². The number of carbonyl (C=O) groups excluding carboxylic acids is 2. The molecule has 5 heteroatoms. The highest BCUT2D eigenvalue weighted by Crippen LogP contribution is 2.36. The van der Waals surface area contributed by atoms with E-state index in [-0.39, 0.29) is 17.6 Å². The van der Waals surface area contributed by atoms with E-state index in [0.717, 1.165) is 10.5 Å². The molecular weight excluding hydrogens is 313 g/mol. The fourth-order valence-corrected chi connectivity index (χ4v) is 3.46. The second-order valence-electron chi connectivity index (χ2n) is 5.15. The molecule has 3 nitrogen and oxygen atoms in total. The first kappa shape index (κ1) is 15.5. The maximum atomic E-state index is 13.1. The van der Waals surface area contributed by atoms with E-state index in [4.69, 9.17) is 0 Å². The monoisotopic (exact) mass is 327 g/mol. The van der Waals surface area contributed by atoms with Gasteiger partial charge in [-0.1, -0.05) is 42.5 Å². The third kappa shape index (κ3) is 3.05. The molecule has 0 atom stereocenters. The number of likely N-dealkylation sites (N-methyl/N-ethyl adjacent to an activating group) is 1. The van der Waals surface area contributed by atoms with Gasteiger partial charge in [0.1, 0.15) is 5.82 Å². The van der Waals surface area contributed by atoms with Gasteiger partial charge in [0, 0.05) is 12.8 Å². The van der Waals surface area contributed by atoms with Gasteiger partial charge in [-0.25, -0.2) is 4.39 Å². The first-order chi connectivity index (χ1) is 11.1. The van der Waals surface area contributed by atoms with Gasteiger partial charge in [0.25, 0.3) is 11.8 Å². The van der Waals surface area contributed by atoms with Crippen molar-refractivity contribution in [1.29, 1.82) is 0 Å². The Kier molecular flexibility index (Phi) is 4.30. The lowest BCUT2D eigenvalue weighted by atomic mass is 10.1. The minimum atomic E-state index is -0.377. The van der Waals surface area contributed by atoms with Crippen molar-refractivity contribution in [3.05, 3.63) is 76.4 Å². The van der Waals surface area contributed by atoms with Crippen LogP contribution in [0.3, 0.4) is 0 Å². The van der Waals surface area contributed by atoms with Crippen molar-refractivity contribution < 1.29 is 14.0 Å². The van der Waals surface area contributed by atoms with Crippen LogP contribution in [-0.2, 0) is 15.3 Å². The Balaban J connectivity index is 1.95. The summed E-state index contributed by atoms with van der Waals surface area (Å²) in [6, 6.07) is 15.4. The van der Waals surface area contributed by atoms with Gasteiger partial charge in [-0.2, -0.15) is 0 Å². The summed E-state index contributed by atoms with van der Waals surface area (Å²) in [5.74, 6) is -0.446. The summed E-state index contributed by atoms with van der Waals surface area (Å²) in [6.07, 6.45) is 0. The quantitative estimate of drug-likeness (QED) is 0.807. The van der Waals surface area contributed by atoms with E-state index in [0.29, 0.717) is 21.8 Å². The molecule has 3 rings (SSSR count). The summed E-state index contributed by atoms with van der Waals surface area (Å²) in [6.45, 7) is 0. The van der Waals surface area contributed by atoms with Gasteiger partial charge in [0.15, 0.2) is 0 Å². The van der Waals surface area contributed by atoms with Crippen LogP contribution < -0.4 is 0 Å². The zero-order chi connectivity index (χ0) is 16.4. The molecule has 1 heterocycles. The number of hydrogen-bond donors (Lipinski definition) is 0. The second kappa shape index (κ2) is 6.38. The average Bonchev–Trinajstić information content (AvgIpc) is 2.79. The summed E-state index contributed by atoms with van der Waals surface area (Å²) in [5, 5.41) is 0. The van der Waals surface area contributed by atoms with Crippen LogP contribution in [-0.4, -0.2) is 23.8 Å². The minimum absolute atomic E-state index is 0.310. The number of carbonyl (C=O) groups is 2. The Morgan fingerprint density at radius 3 is 2.26 bits per heavy atom. The first-order valence-electron chi connectivity index (χ1n) is 7.07. The van der Waals surface area contributed by atoms with E-state index in [9.17, 15) is 14.0 Å². The number of rotatable bonds is 4. The van der Waals surface area contributed by atoms with Gasteiger partial charge in [0.05, 0.1) is 10.5 Å². The van der Waals surface area contributed by atoms with Crippen molar-refractivity contribution in [3.8, 4) is 0 Å². The van der Waals surface area contributed by atoms with Gasteiger partial charge >= 0.3 is 0 Å². The summed E-state index contributed by atoms with van der Waals surface area (Å²) in [5.41, 5.74) is 1.97. The van der Waals surface area contributed by atoms with Crippen molar-refractivity contribution in [1.82, 2.24) is 4.90 Å². The standard InChI is InChI=1S/C18H14FNO2S/c1-20-17(21)15(13-7-9-14(19)10-8-13)16(18(20)22)23-11-12-5-3-2-4-6-12/h2-10H,11H2,1H3. The number of benzene rings is 2. The molecule has 1 aliphatic heterocycles. The van der Waals surface area contributed by atoms with E-state index in [1.54, 1.807) is 0 Å². The molecule has 1 aliphatic rings. The molecule has 2 aromatic rings. The van der Waals surface area contributed by atoms with E-state index >= 15 is 0 Å². The smallest absolute Gasteiger partial charge is 0.267 e. The number of imide groups is 1. The molecule has 0 aliphatic carbocycles. The van der Waals surface area contributed by atoms with Gasteiger partial charge < -0.3 is 0 Å². The largest absolute Gasteiger partial charge is 0.277 e. The fraction of sp³-hybridized carbons (Fsp3) is 0.111. The lowest BCUT2D eigenvalue weighted by Gasteiger charge is -2.06. The Morgan fingerprint density at radius 1 is 0.957 bits per heavy atom. The molecule has 0 bridgehead atoms. The van der Waals surface area contributed by atoms with E-state index in [1.165, 1.54) is 43.1 Å². The lowest BCUT2D eigenvalue weighted by molar-refractivity contribution is -0.134. The fourth-order valence-electron chi connectivity index (χ4n) is 2.35. The van der Waals surface area contributed by atoms with Gasteiger partial charge in [0.2, 0.25) is 0 Å². The zero-order valence-corrected chi connectivity index (χ0v) is 13.3. The van der Waals surface area contributed by atoms with Crippen LogP contribution in [0.5, 0.6) is 0 Å². The molecule has 0 saturated heterocycles. The van der Waals surface area contributed by atoms with Crippen LogP contribution in [0.1, 0.15) is 11.1 Å². The van der Waals surface area contributed by atoms with E-state index < -0.39 is 0 Å². The van der Waals surface area contributed by atoms with Crippen molar-refractivity contribution in [2.45, 2.75) is 5.75 Å². The Morgan fingerprint density at radius 2 is 1.61 bits per heavy atom. The van der Waals surface area contributed by atoms with Crippen LogP contribution in [0.4, 0.5) is 4.39 Å². The summed E-state index contributed by atoms with van der Waals surface area (Å²) >= 11 is 1.33. The maximum Gasteiger partial charge on any atom is 0.267 e. The molecule has 23 heavy (non-hydrogen) atoms. The van der Waals surface area contributed by atoms with E-state index in [1.807, 2.05) is 30.3 Å². The minimum Gasteiger partial charge on any atom is -0.277 e. The lowest BCUT2D eigenvalue weighted by Crippen LogP contribution is -2.26. The Bertz CT molecular complexity index is 784. The normalized spacial score (nSPS) is 14.8. The van der Waals surface area contributed by atoms with Gasteiger partial charge in [-0.05, 0) is 23.3 Å². The van der Waals surface area contributed by atoms with Crippen molar-refractivity contribution >= 4 is 29.1 Å². The van der Waals surface area contributed by atoms with Crippen molar-refractivity contribution in [3.63, 3.8) is 0 Å². The van der Waals surface area contributed by atoms with Crippen molar-refractivity contribution in [2.75, 3.05) is 7.05 Å². The molecule has 2 aromatic carbocycles. The first-order valence-corrected chi connectivity index (χ1v) is 8.06. The molecule has 0 radical (unpaired) electrons. The predicted molar refractivity (Wildman–Crippen MR) is 88.8 cm³/mol. The number of thioether (sulfide) groups is 1. The number of amides is 2. The molecular formula is C18H14FNO2S. The predicted octanol–water partition coefficient (Wildman–Crippen LogP) is 3.47. The molecule has 0 spiro atoms. The SMILES string of the molecule is CN1C(=O)C(SCc2ccccc2)=C(c2ccc(F)cc2)C1=O. The highest BCUT2D eigenvalue weighted by molar-refractivity contribution is 8.03. The highest BCUT2D eigenvalue weighted by atomic mass is 32.2. The van der Waals surface area contributed by atoms with Crippen LogP contribution in [0.2, 0.25) is 0 Å². The zero-order valence-electron chi connectivity index (χ0n) is 12.5. The molecule has 0 unspecified atom stereocenters. The summed E-state index contributed by atoms with van der Waals surface area (Å²) in [4.78, 5) is 26.2. The molecule has 0 saturated carbocycles. The highest BCUT2D eigenvalue weighted by Gasteiger charge is 2.36. The van der Waals surface area contributed by atoms with Crippen molar-refractivity contribution in [2.24, 2.45) is 0 Å². The molecule has 0 aromatic heterocycles. The topological polar surface area (TPSA) is 37.4 Å². The third-order valence-corrected chi connectivity index (χ3v) is 4.75. The Hall–Kier alpha value is -2.40. The Labute approximate surface area is 137 Å². The number of hydrogen-bond acceptors (Lipinski definition) is 3. The number of halogens is 1. The molecule has 2 amide bonds.